The van der Waals surface area contributed by atoms with Crippen LogP contribution in [0.1, 0.15) is 43.7 Å². The van der Waals surface area contributed by atoms with Gasteiger partial charge >= 0.3 is 0 Å². The highest BCUT2D eigenvalue weighted by molar-refractivity contribution is 7.90. The highest BCUT2D eigenvalue weighted by atomic mass is 35.5. The summed E-state index contributed by atoms with van der Waals surface area (Å²) in [5.74, 6) is 0.766. The number of aromatic nitrogens is 2. The summed E-state index contributed by atoms with van der Waals surface area (Å²) in [5.41, 5.74) is 2.31. The zero-order valence-electron chi connectivity index (χ0n) is 17.4. The Kier molecular flexibility index (Phi) is 6.19. The van der Waals surface area contributed by atoms with Gasteiger partial charge in [0.25, 0.3) is 10.0 Å². The van der Waals surface area contributed by atoms with Crippen LogP contribution in [0.15, 0.2) is 47.6 Å². The molecule has 7 heteroatoms. The fraction of sp³-hybridized carbons (Fsp3) is 0.435. The zero-order valence-corrected chi connectivity index (χ0v) is 19.0. The predicted molar refractivity (Wildman–Crippen MR) is 122 cm³/mol. The largest absolute Gasteiger partial charge is 0.313 e. The van der Waals surface area contributed by atoms with Crippen molar-refractivity contribution in [2.75, 3.05) is 6.54 Å². The molecule has 1 aliphatic rings. The molecule has 0 spiro atoms. The van der Waals surface area contributed by atoms with Crippen molar-refractivity contribution in [3.8, 4) is 0 Å². The van der Waals surface area contributed by atoms with Crippen LogP contribution in [0.4, 0.5) is 0 Å². The summed E-state index contributed by atoms with van der Waals surface area (Å²) < 4.78 is 27.3. The second-order valence-corrected chi connectivity index (χ2v) is 10.4. The number of nitrogens with zero attached hydrogens (tertiary/aromatic N) is 2. The Balaban J connectivity index is 1.55. The summed E-state index contributed by atoms with van der Waals surface area (Å²) in [4.78, 5) is 4.70. The second kappa shape index (κ2) is 8.69. The number of benzene rings is 1. The average Bonchev–Trinajstić information content (AvgIpc) is 3.37. The van der Waals surface area contributed by atoms with E-state index in [0.29, 0.717) is 22.1 Å². The van der Waals surface area contributed by atoms with Gasteiger partial charge in [-0.2, -0.15) is 0 Å². The van der Waals surface area contributed by atoms with Crippen molar-refractivity contribution in [3.63, 3.8) is 0 Å². The minimum atomic E-state index is -3.72. The normalized spacial score (nSPS) is 19.6. The van der Waals surface area contributed by atoms with Crippen molar-refractivity contribution in [3.05, 3.63) is 58.9 Å². The third-order valence-electron chi connectivity index (χ3n) is 6.25. The van der Waals surface area contributed by atoms with Crippen LogP contribution in [0.25, 0.3) is 11.0 Å². The molecule has 0 bridgehead atoms. The zero-order chi connectivity index (χ0) is 21.3. The van der Waals surface area contributed by atoms with Crippen LogP contribution in [0, 0.1) is 12.8 Å². The van der Waals surface area contributed by atoms with Crippen molar-refractivity contribution in [2.45, 2.75) is 56.9 Å². The van der Waals surface area contributed by atoms with Crippen LogP contribution in [-0.2, 0) is 16.4 Å². The van der Waals surface area contributed by atoms with Crippen molar-refractivity contribution in [2.24, 2.45) is 5.92 Å². The first-order valence-corrected chi connectivity index (χ1v) is 12.4. The van der Waals surface area contributed by atoms with E-state index in [4.69, 9.17) is 11.6 Å². The lowest BCUT2D eigenvalue weighted by Gasteiger charge is -2.19. The van der Waals surface area contributed by atoms with Crippen molar-refractivity contribution >= 4 is 32.7 Å². The van der Waals surface area contributed by atoms with Crippen molar-refractivity contribution in [1.29, 1.82) is 0 Å². The highest BCUT2D eigenvalue weighted by Crippen LogP contribution is 2.30. The number of hydrogen-bond acceptors (Lipinski definition) is 4. The maximum atomic E-state index is 13.1. The van der Waals surface area contributed by atoms with Crippen LogP contribution >= 0.6 is 11.6 Å². The molecule has 1 saturated carbocycles. The number of rotatable bonds is 7. The van der Waals surface area contributed by atoms with E-state index < -0.39 is 10.0 Å². The summed E-state index contributed by atoms with van der Waals surface area (Å²) in [5, 5.41) is 4.92. The van der Waals surface area contributed by atoms with Gasteiger partial charge in [-0.15, -0.1) is 0 Å². The number of aryl methyl sites for hydroxylation is 1. The third-order valence-corrected chi connectivity index (χ3v) is 8.38. The van der Waals surface area contributed by atoms with Gasteiger partial charge in [0.1, 0.15) is 0 Å². The SMILES string of the molecule is CCC1CCCC1NCCc1cnc2c(ccn2S(=O)(=O)c2ccc(C)cc2)c1Cl. The lowest BCUT2D eigenvalue weighted by atomic mass is 10.0. The van der Waals surface area contributed by atoms with Gasteiger partial charge in [0.05, 0.1) is 9.92 Å². The number of pyridine rings is 1. The maximum absolute atomic E-state index is 13.1. The van der Waals surface area contributed by atoms with Gasteiger partial charge in [-0.05, 0) is 62.4 Å². The molecule has 1 N–H and O–H groups in total. The molecule has 0 radical (unpaired) electrons. The quantitative estimate of drug-likeness (QED) is 0.559. The molecule has 4 rings (SSSR count). The first kappa shape index (κ1) is 21.3. The number of hydrogen-bond donors (Lipinski definition) is 1. The van der Waals surface area contributed by atoms with E-state index in [0.717, 1.165) is 30.0 Å². The molecule has 0 saturated heterocycles. The topological polar surface area (TPSA) is 64.0 Å². The predicted octanol–water partition coefficient (Wildman–Crippen LogP) is 4.95. The van der Waals surface area contributed by atoms with Gasteiger partial charge in [-0.3, -0.25) is 0 Å². The Bertz CT molecular complexity index is 1140. The van der Waals surface area contributed by atoms with E-state index in [1.165, 1.54) is 35.9 Å². The van der Waals surface area contributed by atoms with E-state index in [1.807, 2.05) is 6.92 Å². The number of fused-ring (bicyclic) bond motifs is 1. The molecule has 2 unspecified atom stereocenters. The fourth-order valence-electron chi connectivity index (χ4n) is 4.45. The molecule has 160 valence electrons. The molecule has 0 aliphatic heterocycles. The monoisotopic (exact) mass is 445 g/mol. The van der Waals surface area contributed by atoms with Crippen LogP contribution in [0.2, 0.25) is 5.02 Å². The Morgan fingerprint density at radius 2 is 1.97 bits per heavy atom. The van der Waals surface area contributed by atoms with E-state index in [2.05, 4.69) is 17.2 Å². The molecule has 1 fully saturated rings. The molecule has 3 aromatic rings. The smallest absolute Gasteiger partial charge is 0.269 e. The number of halogens is 1. The Morgan fingerprint density at radius 3 is 2.70 bits per heavy atom. The van der Waals surface area contributed by atoms with E-state index >= 15 is 0 Å². The molecule has 2 heterocycles. The molecule has 30 heavy (non-hydrogen) atoms. The average molecular weight is 446 g/mol. The standard InChI is InChI=1S/C23H28ClN3O2S/c1-3-17-5-4-6-21(17)25-13-11-18-15-26-23-20(22(18)24)12-14-27(23)30(28,29)19-9-7-16(2)8-10-19/h7-10,12,14-15,17,21,25H,3-6,11,13H2,1-2H3. The minimum absolute atomic E-state index is 0.235. The fourth-order valence-corrected chi connectivity index (χ4v) is 6.04. The first-order chi connectivity index (χ1) is 14.4. The van der Waals surface area contributed by atoms with Crippen LogP contribution in [-0.4, -0.2) is 30.0 Å². The van der Waals surface area contributed by atoms with Gasteiger partial charge < -0.3 is 5.32 Å². The summed E-state index contributed by atoms with van der Waals surface area (Å²) in [6.07, 6.45) is 9.08. The minimum Gasteiger partial charge on any atom is -0.313 e. The molecule has 1 aromatic carbocycles. The number of nitrogens with one attached hydrogen (secondary N) is 1. The molecule has 2 atom stereocenters. The molecule has 2 aromatic heterocycles. The molecule has 5 nitrogen and oxygen atoms in total. The molecular weight excluding hydrogens is 418 g/mol. The van der Waals surface area contributed by atoms with Gasteiger partial charge in [-0.1, -0.05) is 49.1 Å². The van der Waals surface area contributed by atoms with E-state index in [1.54, 1.807) is 36.5 Å². The lowest BCUT2D eigenvalue weighted by Crippen LogP contribution is -2.33. The van der Waals surface area contributed by atoms with Crippen molar-refractivity contribution in [1.82, 2.24) is 14.3 Å². The highest BCUT2D eigenvalue weighted by Gasteiger charge is 2.25. The Morgan fingerprint density at radius 1 is 1.20 bits per heavy atom. The van der Waals surface area contributed by atoms with Crippen LogP contribution in [0.5, 0.6) is 0 Å². The summed E-state index contributed by atoms with van der Waals surface area (Å²) >= 11 is 6.65. The molecule has 1 aliphatic carbocycles. The van der Waals surface area contributed by atoms with Gasteiger partial charge in [-0.25, -0.2) is 17.4 Å². The van der Waals surface area contributed by atoms with Crippen LogP contribution < -0.4 is 5.32 Å². The van der Waals surface area contributed by atoms with Crippen molar-refractivity contribution < 1.29 is 8.42 Å². The lowest BCUT2D eigenvalue weighted by molar-refractivity contribution is 0.393. The summed E-state index contributed by atoms with van der Waals surface area (Å²) in [6.45, 7) is 5.03. The van der Waals surface area contributed by atoms with Gasteiger partial charge in [0.15, 0.2) is 5.65 Å². The van der Waals surface area contributed by atoms with Gasteiger partial charge in [0.2, 0.25) is 0 Å². The third kappa shape index (κ3) is 4.01. The second-order valence-electron chi connectivity index (χ2n) is 8.17. The van der Waals surface area contributed by atoms with E-state index in [9.17, 15) is 8.42 Å². The summed E-state index contributed by atoms with van der Waals surface area (Å²) in [7, 11) is -3.72. The van der Waals surface area contributed by atoms with E-state index in [-0.39, 0.29) is 4.90 Å². The van der Waals surface area contributed by atoms with Gasteiger partial charge in [0, 0.05) is 23.8 Å². The first-order valence-electron chi connectivity index (χ1n) is 10.6. The van der Waals surface area contributed by atoms with Crippen LogP contribution in [0.3, 0.4) is 0 Å². The Hall–Kier alpha value is -1.89. The molecule has 0 amide bonds. The molecular formula is C23H28ClN3O2S. The summed E-state index contributed by atoms with van der Waals surface area (Å²) in [6, 6.07) is 9.13. The Labute approximate surface area is 183 Å². The maximum Gasteiger partial charge on any atom is 0.269 e.